The number of nitrogens with one attached hydrogen (secondary N) is 1. The molecule has 0 spiro atoms. The maximum atomic E-state index is 12.4. The molecule has 1 aromatic heterocycles. The normalized spacial score (nSPS) is 15.5. The lowest BCUT2D eigenvalue weighted by molar-refractivity contribution is 0.180. The van der Waals surface area contributed by atoms with Crippen molar-refractivity contribution in [3.63, 3.8) is 0 Å². The molecule has 0 atom stereocenters. The Kier molecular flexibility index (Phi) is 4.66. The molecule has 2 amide bonds. The molecule has 0 radical (unpaired) electrons. The van der Waals surface area contributed by atoms with Gasteiger partial charge in [-0.1, -0.05) is 11.6 Å². The number of methoxy groups -OCH3 is 1. The molecule has 0 unspecified atom stereocenters. The van der Waals surface area contributed by atoms with Gasteiger partial charge in [0, 0.05) is 19.2 Å². The average Bonchev–Trinajstić information content (AvgIpc) is 3.11. The van der Waals surface area contributed by atoms with E-state index in [0.29, 0.717) is 35.6 Å². The van der Waals surface area contributed by atoms with Crippen LogP contribution in [0.15, 0.2) is 30.9 Å². The molecule has 2 aromatic rings. The Morgan fingerprint density at radius 2 is 2.17 bits per heavy atom. The minimum Gasteiger partial charge on any atom is -0.497 e. The van der Waals surface area contributed by atoms with Crippen LogP contribution in [0.25, 0.3) is 0 Å². The molecule has 7 nitrogen and oxygen atoms in total. The Hall–Kier alpha value is -2.28. The van der Waals surface area contributed by atoms with Crippen molar-refractivity contribution in [1.82, 2.24) is 19.7 Å². The van der Waals surface area contributed by atoms with E-state index in [4.69, 9.17) is 16.3 Å². The summed E-state index contributed by atoms with van der Waals surface area (Å²) >= 11 is 6.15. The van der Waals surface area contributed by atoms with Crippen LogP contribution in [0.1, 0.15) is 18.9 Å². The Balaban J connectivity index is 1.57. The van der Waals surface area contributed by atoms with Gasteiger partial charge in [0.25, 0.3) is 0 Å². The minimum absolute atomic E-state index is 0.144. The topological polar surface area (TPSA) is 72.3 Å². The van der Waals surface area contributed by atoms with Gasteiger partial charge >= 0.3 is 6.03 Å². The molecule has 0 bridgehead atoms. The fourth-order valence-electron chi connectivity index (χ4n) is 2.66. The number of ether oxygens (including phenoxy) is 1. The van der Waals surface area contributed by atoms with Crippen molar-refractivity contribution in [2.75, 3.05) is 25.5 Å². The van der Waals surface area contributed by atoms with Gasteiger partial charge < -0.3 is 15.0 Å². The summed E-state index contributed by atoms with van der Waals surface area (Å²) in [6, 6.07) is 5.33. The molecule has 1 aromatic carbocycles. The lowest BCUT2D eigenvalue weighted by Gasteiger charge is -2.31. The highest BCUT2D eigenvalue weighted by molar-refractivity contribution is 6.33. The average molecular weight is 336 g/mol. The fourth-order valence-corrected chi connectivity index (χ4v) is 2.88. The number of piperidine rings is 1. The third-order valence-corrected chi connectivity index (χ3v) is 4.29. The van der Waals surface area contributed by atoms with Gasteiger partial charge in [0.05, 0.1) is 23.9 Å². The van der Waals surface area contributed by atoms with Gasteiger partial charge in [0.2, 0.25) is 0 Å². The molecule has 1 aliphatic heterocycles. The second-order valence-corrected chi connectivity index (χ2v) is 5.78. The largest absolute Gasteiger partial charge is 0.497 e. The van der Waals surface area contributed by atoms with E-state index in [2.05, 4.69) is 15.4 Å². The summed E-state index contributed by atoms with van der Waals surface area (Å²) in [6.07, 6.45) is 4.96. The first-order chi connectivity index (χ1) is 11.2. The van der Waals surface area contributed by atoms with Crippen LogP contribution >= 0.6 is 11.6 Å². The zero-order valence-electron chi connectivity index (χ0n) is 12.8. The third-order valence-electron chi connectivity index (χ3n) is 3.98. The van der Waals surface area contributed by atoms with Gasteiger partial charge in [-0.05, 0) is 25.0 Å². The van der Waals surface area contributed by atoms with E-state index in [9.17, 15) is 4.79 Å². The van der Waals surface area contributed by atoms with Crippen molar-refractivity contribution in [3.05, 3.63) is 35.9 Å². The predicted octanol–water partition coefficient (Wildman–Crippen LogP) is 2.81. The van der Waals surface area contributed by atoms with E-state index < -0.39 is 0 Å². The molecule has 1 saturated heterocycles. The molecule has 2 heterocycles. The summed E-state index contributed by atoms with van der Waals surface area (Å²) in [4.78, 5) is 18.1. The van der Waals surface area contributed by atoms with Crippen LogP contribution in [0.4, 0.5) is 10.5 Å². The van der Waals surface area contributed by atoms with Crippen LogP contribution in [0.3, 0.4) is 0 Å². The SMILES string of the molecule is COc1ccc(NC(=O)N2CCC(n3cncn3)CC2)c(Cl)c1. The first-order valence-corrected chi connectivity index (χ1v) is 7.79. The molecule has 8 heteroatoms. The zero-order chi connectivity index (χ0) is 16.2. The number of nitrogens with zero attached hydrogens (tertiary/aromatic N) is 4. The van der Waals surface area contributed by atoms with Crippen LogP contribution in [0, 0.1) is 0 Å². The molecule has 1 N–H and O–H groups in total. The number of rotatable bonds is 3. The number of carbonyl (C=O) groups is 1. The Bertz CT molecular complexity index is 669. The molecule has 0 saturated carbocycles. The number of amides is 2. The maximum absolute atomic E-state index is 12.4. The Morgan fingerprint density at radius 1 is 1.39 bits per heavy atom. The Morgan fingerprint density at radius 3 is 2.78 bits per heavy atom. The Labute approximate surface area is 139 Å². The molecular weight excluding hydrogens is 318 g/mol. The van der Waals surface area contributed by atoms with Crippen LogP contribution in [-0.4, -0.2) is 45.9 Å². The van der Waals surface area contributed by atoms with Gasteiger partial charge in [-0.2, -0.15) is 5.10 Å². The lowest BCUT2D eigenvalue weighted by atomic mass is 10.1. The van der Waals surface area contributed by atoms with Gasteiger partial charge in [-0.25, -0.2) is 14.5 Å². The summed E-state index contributed by atoms with van der Waals surface area (Å²) in [6.45, 7) is 1.34. The van der Waals surface area contributed by atoms with Gasteiger partial charge in [-0.15, -0.1) is 0 Å². The third kappa shape index (κ3) is 3.56. The van der Waals surface area contributed by atoms with Crippen LogP contribution in [-0.2, 0) is 0 Å². The molecule has 1 fully saturated rings. The number of benzene rings is 1. The minimum atomic E-state index is -0.144. The number of urea groups is 1. The second kappa shape index (κ2) is 6.87. The van der Waals surface area contributed by atoms with Crippen molar-refractivity contribution < 1.29 is 9.53 Å². The van der Waals surface area contributed by atoms with Crippen molar-refractivity contribution >= 4 is 23.3 Å². The monoisotopic (exact) mass is 335 g/mol. The van der Waals surface area contributed by atoms with E-state index in [1.165, 1.54) is 6.33 Å². The number of halogens is 1. The summed E-state index contributed by atoms with van der Waals surface area (Å²) < 4.78 is 6.95. The number of hydrogen-bond acceptors (Lipinski definition) is 4. The van der Waals surface area contributed by atoms with Gasteiger partial charge in [0.15, 0.2) is 0 Å². The molecule has 122 valence electrons. The molecule has 1 aliphatic rings. The first kappa shape index (κ1) is 15.6. The molecular formula is C15H18ClN5O2. The molecule has 0 aliphatic carbocycles. The highest BCUT2D eigenvalue weighted by atomic mass is 35.5. The first-order valence-electron chi connectivity index (χ1n) is 7.41. The summed E-state index contributed by atoms with van der Waals surface area (Å²) in [7, 11) is 1.57. The van der Waals surface area contributed by atoms with Crippen LogP contribution < -0.4 is 10.1 Å². The van der Waals surface area contributed by atoms with Crippen molar-refractivity contribution in [2.45, 2.75) is 18.9 Å². The number of aromatic nitrogens is 3. The predicted molar refractivity (Wildman–Crippen MR) is 86.9 cm³/mol. The maximum Gasteiger partial charge on any atom is 0.321 e. The lowest BCUT2D eigenvalue weighted by Crippen LogP contribution is -2.41. The van der Waals surface area contributed by atoms with Gasteiger partial charge in [0.1, 0.15) is 18.4 Å². The number of likely N-dealkylation sites (tertiary alicyclic amines) is 1. The zero-order valence-corrected chi connectivity index (χ0v) is 13.5. The standard InChI is InChI=1S/C15H18ClN5O2/c1-23-12-2-3-14(13(16)8-12)19-15(22)20-6-4-11(5-7-20)21-10-17-9-18-21/h2-3,8-11H,4-7H2,1H3,(H,19,22). The number of anilines is 1. The van der Waals surface area contributed by atoms with E-state index >= 15 is 0 Å². The number of carbonyl (C=O) groups excluding carboxylic acids is 1. The smallest absolute Gasteiger partial charge is 0.321 e. The highest BCUT2D eigenvalue weighted by Gasteiger charge is 2.24. The van der Waals surface area contributed by atoms with Crippen molar-refractivity contribution in [2.24, 2.45) is 0 Å². The van der Waals surface area contributed by atoms with E-state index in [0.717, 1.165) is 12.8 Å². The fraction of sp³-hybridized carbons (Fsp3) is 0.400. The molecule has 3 rings (SSSR count). The number of hydrogen-bond donors (Lipinski definition) is 1. The second-order valence-electron chi connectivity index (χ2n) is 5.37. The van der Waals surface area contributed by atoms with Gasteiger partial charge in [-0.3, -0.25) is 0 Å². The quantitative estimate of drug-likeness (QED) is 0.936. The summed E-state index contributed by atoms with van der Waals surface area (Å²) in [5, 5.41) is 7.46. The summed E-state index contributed by atoms with van der Waals surface area (Å²) in [5.41, 5.74) is 0.580. The van der Waals surface area contributed by atoms with Crippen molar-refractivity contribution in [3.8, 4) is 5.75 Å². The van der Waals surface area contributed by atoms with E-state index in [1.54, 1.807) is 36.5 Å². The molecule has 23 heavy (non-hydrogen) atoms. The van der Waals surface area contributed by atoms with E-state index in [1.807, 2.05) is 4.68 Å². The van der Waals surface area contributed by atoms with E-state index in [-0.39, 0.29) is 6.03 Å². The van der Waals surface area contributed by atoms with Crippen molar-refractivity contribution in [1.29, 1.82) is 0 Å². The highest BCUT2D eigenvalue weighted by Crippen LogP contribution is 2.27. The van der Waals surface area contributed by atoms with Crippen LogP contribution in [0.2, 0.25) is 5.02 Å². The summed E-state index contributed by atoms with van der Waals surface area (Å²) in [5.74, 6) is 0.654. The van der Waals surface area contributed by atoms with Crippen LogP contribution in [0.5, 0.6) is 5.75 Å².